The minimum atomic E-state index is -0.504. The topological polar surface area (TPSA) is 78.6 Å². The Labute approximate surface area is 168 Å². The van der Waals surface area contributed by atoms with E-state index >= 15 is 0 Å². The number of pyridine rings is 1. The third kappa shape index (κ3) is 4.08. The molecule has 0 saturated carbocycles. The first-order chi connectivity index (χ1) is 14.2. The van der Waals surface area contributed by atoms with Gasteiger partial charge in [-0.15, -0.1) is 0 Å². The lowest BCUT2D eigenvalue weighted by atomic mass is 10.1. The van der Waals surface area contributed by atoms with Crippen molar-refractivity contribution >= 4 is 5.97 Å². The number of carbonyl (C=O) groups is 1. The van der Waals surface area contributed by atoms with Crippen molar-refractivity contribution in [1.29, 1.82) is 0 Å². The number of aromatic nitrogens is 3. The van der Waals surface area contributed by atoms with Gasteiger partial charge in [0.15, 0.2) is 0 Å². The average molecular weight is 396 g/mol. The Kier molecular flexibility index (Phi) is 5.73. The van der Waals surface area contributed by atoms with Crippen LogP contribution in [0.3, 0.4) is 0 Å². The molecule has 3 aliphatic rings. The second kappa shape index (κ2) is 8.59. The maximum atomic E-state index is 13.0. The largest absolute Gasteiger partial charge is 0.465 e. The van der Waals surface area contributed by atoms with Gasteiger partial charge in [0.25, 0.3) is 5.56 Å². The summed E-state index contributed by atoms with van der Waals surface area (Å²) < 4.78 is 13.5. The fraction of sp³-hybridized carbons (Fsp3) is 0.381. The summed E-state index contributed by atoms with van der Waals surface area (Å²) in [6, 6.07) is 9.17. The molecule has 29 heavy (non-hydrogen) atoms. The van der Waals surface area contributed by atoms with Crippen molar-refractivity contribution in [2.24, 2.45) is 0 Å². The summed E-state index contributed by atoms with van der Waals surface area (Å²) in [6.45, 7) is 5.04. The van der Waals surface area contributed by atoms with E-state index < -0.39 is 5.97 Å². The van der Waals surface area contributed by atoms with Crippen LogP contribution in [-0.4, -0.2) is 65.2 Å². The van der Waals surface area contributed by atoms with Gasteiger partial charge in [-0.05, 0) is 18.6 Å². The molecule has 4 rings (SSSR count). The van der Waals surface area contributed by atoms with Gasteiger partial charge in [-0.3, -0.25) is 9.69 Å². The normalized spacial score (nSPS) is 14.9. The van der Waals surface area contributed by atoms with Crippen molar-refractivity contribution in [3.63, 3.8) is 0 Å². The van der Waals surface area contributed by atoms with Gasteiger partial charge >= 0.3 is 5.97 Å². The summed E-state index contributed by atoms with van der Waals surface area (Å²) in [5.74, 6) is -0.504. The molecule has 0 bridgehead atoms. The van der Waals surface area contributed by atoms with Crippen LogP contribution in [-0.2, 0) is 16.0 Å². The summed E-state index contributed by atoms with van der Waals surface area (Å²) in [4.78, 5) is 27.7. The molecule has 0 atom stereocenters. The number of rotatable bonds is 6. The Balaban J connectivity index is 1.65. The van der Waals surface area contributed by atoms with E-state index in [1.165, 1.54) is 11.8 Å². The highest BCUT2D eigenvalue weighted by Crippen LogP contribution is 2.23. The summed E-state index contributed by atoms with van der Waals surface area (Å²) in [7, 11) is 1.33. The number of fused-ring (bicyclic) bond motifs is 1. The van der Waals surface area contributed by atoms with E-state index in [0.717, 1.165) is 39.3 Å². The number of carbonyl (C=O) groups excluding carboxylic acids is 1. The van der Waals surface area contributed by atoms with Gasteiger partial charge in [0.1, 0.15) is 11.3 Å². The van der Waals surface area contributed by atoms with Crippen LogP contribution in [0.25, 0.3) is 16.9 Å². The smallest absolute Gasteiger partial charge is 0.341 e. The van der Waals surface area contributed by atoms with Gasteiger partial charge in [0, 0.05) is 38.6 Å². The Hall–Kier alpha value is -2.97. The molecule has 0 spiro atoms. The van der Waals surface area contributed by atoms with Crippen LogP contribution in [0, 0.1) is 0 Å². The zero-order valence-corrected chi connectivity index (χ0v) is 16.4. The van der Waals surface area contributed by atoms with E-state index in [-0.39, 0.29) is 5.56 Å². The molecule has 1 aromatic rings. The van der Waals surface area contributed by atoms with E-state index in [1.54, 1.807) is 12.4 Å². The Morgan fingerprint density at radius 3 is 2.62 bits per heavy atom. The van der Waals surface area contributed by atoms with Crippen LogP contribution in [0.1, 0.15) is 16.8 Å². The summed E-state index contributed by atoms with van der Waals surface area (Å²) >= 11 is 0. The number of ether oxygens (including phenoxy) is 2. The lowest BCUT2D eigenvalue weighted by Gasteiger charge is -2.26. The van der Waals surface area contributed by atoms with E-state index in [2.05, 4.69) is 10.00 Å². The number of methoxy groups -OCH3 is 1. The van der Waals surface area contributed by atoms with Crippen molar-refractivity contribution in [1.82, 2.24) is 19.2 Å². The SMILES string of the molecule is COC(=O)c1cn(CCCN2CCOCC2)cc2c(=O)n(-c3ccccc3)nc1-2. The van der Waals surface area contributed by atoms with E-state index in [0.29, 0.717) is 29.1 Å². The summed E-state index contributed by atoms with van der Waals surface area (Å²) in [5, 5.41) is 4.41. The molecule has 152 valence electrons. The fourth-order valence-electron chi connectivity index (χ4n) is 3.59. The highest BCUT2D eigenvalue weighted by Gasteiger charge is 2.24. The third-order valence-electron chi connectivity index (χ3n) is 5.12. The molecule has 1 fully saturated rings. The number of morpholine rings is 1. The van der Waals surface area contributed by atoms with Crippen LogP contribution in [0.4, 0.5) is 0 Å². The fourth-order valence-corrected chi connectivity index (χ4v) is 3.59. The van der Waals surface area contributed by atoms with Crippen molar-refractivity contribution in [2.45, 2.75) is 13.0 Å². The molecule has 0 unspecified atom stereocenters. The van der Waals surface area contributed by atoms with Gasteiger partial charge < -0.3 is 14.0 Å². The van der Waals surface area contributed by atoms with Gasteiger partial charge in [0.2, 0.25) is 0 Å². The van der Waals surface area contributed by atoms with Crippen LogP contribution in [0.2, 0.25) is 0 Å². The number of aryl methyl sites for hydroxylation is 1. The summed E-state index contributed by atoms with van der Waals surface area (Å²) in [5.41, 5.74) is 1.46. The lowest BCUT2D eigenvalue weighted by molar-refractivity contribution is 0.0369. The Morgan fingerprint density at radius 2 is 1.90 bits per heavy atom. The standard InChI is InChI=1S/C21H24N4O4/c1-28-21(27)18-15-24(9-5-8-23-10-12-29-13-11-23)14-17-19(18)22-25(20(17)26)16-6-3-2-4-7-16/h2-4,6-7,14-15H,5,8-13H2,1H3. The minimum absolute atomic E-state index is 0.251. The van der Waals surface area contributed by atoms with Gasteiger partial charge in [-0.2, -0.15) is 9.78 Å². The number of para-hydroxylation sites is 1. The lowest BCUT2D eigenvalue weighted by Crippen LogP contribution is -2.37. The van der Waals surface area contributed by atoms with E-state index in [1.807, 2.05) is 34.9 Å². The molecule has 1 saturated heterocycles. The molecule has 1 aromatic carbocycles. The molecule has 0 radical (unpaired) electrons. The van der Waals surface area contributed by atoms with Crippen molar-refractivity contribution in [3.8, 4) is 16.9 Å². The van der Waals surface area contributed by atoms with Crippen LogP contribution >= 0.6 is 0 Å². The molecule has 8 nitrogen and oxygen atoms in total. The highest BCUT2D eigenvalue weighted by atomic mass is 16.5. The van der Waals surface area contributed by atoms with Crippen molar-refractivity contribution < 1.29 is 14.3 Å². The first kappa shape index (κ1) is 19.4. The number of benzene rings is 1. The van der Waals surface area contributed by atoms with Gasteiger partial charge in [0.05, 0.1) is 31.6 Å². The molecule has 8 heteroatoms. The molecular weight excluding hydrogens is 372 g/mol. The zero-order valence-electron chi connectivity index (χ0n) is 16.4. The molecule has 0 aromatic heterocycles. The molecule has 0 amide bonds. The van der Waals surface area contributed by atoms with Crippen LogP contribution in [0.15, 0.2) is 47.5 Å². The average Bonchev–Trinajstić information content (AvgIpc) is 3.10. The van der Waals surface area contributed by atoms with Crippen LogP contribution < -0.4 is 5.56 Å². The maximum absolute atomic E-state index is 13.0. The Morgan fingerprint density at radius 1 is 1.14 bits per heavy atom. The maximum Gasteiger partial charge on any atom is 0.341 e. The second-order valence-electron chi connectivity index (χ2n) is 7.02. The molecule has 3 aliphatic heterocycles. The van der Waals surface area contributed by atoms with Gasteiger partial charge in [-0.1, -0.05) is 18.2 Å². The predicted molar refractivity (Wildman–Crippen MR) is 108 cm³/mol. The highest BCUT2D eigenvalue weighted by molar-refractivity contribution is 5.96. The van der Waals surface area contributed by atoms with Gasteiger partial charge in [-0.25, -0.2) is 4.79 Å². The number of nitrogens with zero attached hydrogens (tertiary/aromatic N) is 4. The second-order valence-corrected chi connectivity index (χ2v) is 7.02. The third-order valence-corrected chi connectivity index (χ3v) is 5.12. The van der Waals surface area contributed by atoms with Crippen molar-refractivity contribution in [3.05, 3.63) is 58.6 Å². The van der Waals surface area contributed by atoms with E-state index in [9.17, 15) is 9.59 Å². The first-order valence-electron chi connectivity index (χ1n) is 9.74. The number of hydrogen-bond donors (Lipinski definition) is 0. The number of esters is 1. The first-order valence-corrected chi connectivity index (χ1v) is 9.74. The molecule has 0 N–H and O–H groups in total. The summed E-state index contributed by atoms with van der Waals surface area (Å²) in [6.07, 6.45) is 4.39. The van der Waals surface area contributed by atoms with E-state index in [4.69, 9.17) is 9.47 Å². The predicted octanol–water partition coefficient (Wildman–Crippen LogP) is 1.65. The molecule has 3 heterocycles. The molecule has 0 aliphatic carbocycles. The Bertz CT molecular complexity index is 1010. The zero-order chi connectivity index (χ0) is 20.2. The van der Waals surface area contributed by atoms with Crippen LogP contribution in [0.5, 0.6) is 0 Å². The number of hydrogen-bond acceptors (Lipinski definition) is 6. The van der Waals surface area contributed by atoms with Crippen molar-refractivity contribution in [2.75, 3.05) is 40.0 Å². The molecular formula is C21H24N4O4. The quantitative estimate of drug-likeness (QED) is 0.590. The monoisotopic (exact) mass is 396 g/mol. The minimum Gasteiger partial charge on any atom is -0.465 e.